The summed E-state index contributed by atoms with van der Waals surface area (Å²) in [4.78, 5) is 0. The van der Waals surface area contributed by atoms with Crippen molar-refractivity contribution in [3.8, 4) is 0 Å². The highest BCUT2D eigenvalue weighted by molar-refractivity contribution is 5.48. The van der Waals surface area contributed by atoms with Crippen LogP contribution in [0.25, 0.3) is 0 Å². The number of rotatable bonds is 2. The Labute approximate surface area is 137 Å². The van der Waals surface area contributed by atoms with Gasteiger partial charge < -0.3 is 0 Å². The highest BCUT2D eigenvalue weighted by atomic mass is 14.4. The Morgan fingerprint density at radius 2 is 2.00 bits per heavy atom. The minimum Gasteiger partial charge on any atom is -0.0801 e. The molecule has 4 unspecified atom stereocenters. The molecule has 3 rings (SSSR count). The van der Waals surface area contributed by atoms with Crippen LogP contribution in [0.2, 0.25) is 0 Å². The Balaban J connectivity index is 1.95. The van der Waals surface area contributed by atoms with Gasteiger partial charge in [0, 0.05) is 0 Å². The zero-order valence-electron chi connectivity index (χ0n) is 14.9. The molecule has 2 saturated carbocycles. The molecule has 0 radical (unpaired) electrons. The summed E-state index contributed by atoms with van der Waals surface area (Å²) < 4.78 is 0. The predicted molar refractivity (Wildman–Crippen MR) is 96.7 cm³/mol. The molecule has 0 saturated heterocycles. The van der Waals surface area contributed by atoms with E-state index in [1.165, 1.54) is 43.3 Å². The first-order valence-electron chi connectivity index (χ1n) is 9.34. The van der Waals surface area contributed by atoms with Crippen LogP contribution in [0.15, 0.2) is 46.6 Å². The summed E-state index contributed by atoms with van der Waals surface area (Å²) in [5.41, 5.74) is 6.25. The van der Waals surface area contributed by atoms with Gasteiger partial charge >= 0.3 is 0 Å². The molecule has 0 aromatic rings. The maximum atomic E-state index is 2.48. The molecule has 0 heterocycles. The van der Waals surface area contributed by atoms with Crippen molar-refractivity contribution in [2.75, 3.05) is 0 Å². The maximum absolute atomic E-state index is 2.48. The molecule has 2 fully saturated rings. The molecule has 0 aliphatic heterocycles. The Bertz CT molecular complexity index is 538. The highest BCUT2D eigenvalue weighted by Crippen LogP contribution is 2.50. The summed E-state index contributed by atoms with van der Waals surface area (Å²) in [6.45, 7) is 9.49. The molecule has 0 heteroatoms. The summed E-state index contributed by atoms with van der Waals surface area (Å²) in [6.07, 6.45) is 17.7. The van der Waals surface area contributed by atoms with Crippen molar-refractivity contribution in [2.45, 2.75) is 66.2 Å². The van der Waals surface area contributed by atoms with Crippen molar-refractivity contribution >= 4 is 0 Å². The van der Waals surface area contributed by atoms with E-state index < -0.39 is 0 Å². The third-order valence-electron chi connectivity index (χ3n) is 6.26. The lowest BCUT2D eigenvalue weighted by atomic mass is 9.61. The van der Waals surface area contributed by atoms with Gasteiger partial charge in [-0.1, -0.05) is 55.7 Å². The first-order chi connectivity index (χ1) is 10.6. The molecule has 4 atom stereocenters. The average Bonchev–Trinajstić information content (AvgIpc) is 2.70. The molecule has 3 aliphatic carbocycles. The monoisotopic (exact) mass is 296 g/mol. The Morgan fingerprint density at radius 1 is 1.18 bits per heavy atom. The largest absolute Gasteiger partial charge is 0.0801 e. The van der Waals surface area contributed by atoms with Crippen molar-refractivity contribution in [2.24, 2.45) is 23.7 Å². The number of hydrogen-bond acceptors (Lipinski definition) is 0. The second-order valence-electron chi connectivity index (χ2n) is 7.95. The number of fused-ring (bicyclic) bond motifs is 2. The van der Waals surface area contributed by atoms with Gasteiger partial charge in [0.2, 0.25) is 0 Å². The summed E-state index contributed by atoms with van der Waals surface area (Å²) in [5, 5.41) is 0. The van der Waals surface area contributed by atoms with E-state index in [2.05, 4.69) is 52.0 Å². The molecule has 120 valence electrons. The lowest BCUT2D eigenvalue weighted by Gasteiger charge is -2.44. The van der Waals surface area contributed by atoms with Gasteiger partial charge in [0.15, 0.2) is 0 Å². The van der Waals surface area contributed by atoms with Crippen LogP contribution in [-0.2, 0) is 0 Å². The van der Waals surface area contributed by atoms with Gasteiger partial charge in [-0.05, 0) is 80.8 Å². The van der Waals surface area contributed by atoms with E-state index in [1.54, 1.807) is 11.1 Å². The van der Waals surface area contributed by atoms with E-state index in [1.807, 2.05) is 0 Å². The molecule has 0 aromatic heterocycles. The Morgan fingerprint density at radius 3 is 2.77 bits per heavy atom. The van der Waals surface area contributed by atoms with Crippen LogP contribution in [-0.4, -0.2) is 0 Å². The molecular formula is C22H32. The smallest absolute Gasteiger partial charge is 0.0160 e. The molecule has 0 N–H and O–H groups in total. The topological polar surface area (TPSA) is 0 Å². The van der Waals surface area contributed by atoms with Crippen molar-refractivity contribution in [1.82, 2.24) is 0 Å². The number of hydrogen-bond donors (Lipinski definition) is 0. The molecule has 0 nitrogen and oxygen atoms in total. The Kier molecular flexibility index (Phi) is 4.76. The molecule has 0 aromatic carbocycles. The minimum atomic E-state index is 0.781. The SMILES string of the molecule is CCC1CC2CC(C)/C(=C(/C)C3=CC(C)=CCC=C3)C(C1)C2. The van der Waals surface area contributed by atoms with Crippen molar-refractivity contribution in [3.63, 3.8) is 0 Å². The first kappa shape index (κ1) is 15.8. The third kappa shape index (κ3) is 3.16. The molecular weight excluding hydrogens is 264 g/mol. The minimum absolute atomic E-state index is 0.781. The normalized spacial score (nSPS) is 37.3. The van der Waals surface area contributed by atoms with Gasteiger partial charge in [0.1, 0.15) is 0 Å². The number of allylic oxidation sites excluding steroid dienone is 8. The van der Waals surface area contributed by atoms with Crippen LogP contribution in [0.5, 0.6) is 0 Å². The second-order valence-corrected chi connectivity index (χ2v) is 7.95. The van der Waals surface area contributed by atoms with E-state index in [4.69, 9.17) is 0 Å². The standard InChI is InChI=1S/C22H32/c1-5-18-12-19-11-16(3)22(21(13-18)14-19)17(4)20-9-7-6-8-15(2)10-20/h7-10,16,18-19,21H,5-6,11-14H2,1-4H3/b22-17+. The summed E-state index contributed by atoms with van der Waals surface area (Å²) in [6, 6.07) is 0. The van der Waals surface area contributed by atoms with Crippen LogP contribution >= 0.6 is 0 Å². The van der Waals surface area contributed by atoms with Crippen LogP contribution in [0, 0.1) is 23.7 Å². The predicted octanol–water partition coefficient (Wildman–Crippen LogP) is 6.62. The zero-order chi connectivity index (χ0) is 15.7. The summed E-state index contributed by atoms with van der Waals surface area (Å²) in [7, 11) is 0. The maximum Gasteiger partial charge on any atom is -0.0160 e. The first-order valence-corrected chi connectivity index (χ1v) is 9.34. The average molecular weight is 296 g/mol. The van der Waals surface area contributed by atoms with E-state index >= 15 is 0 Å². The third-order valence-corrected chi connectivity index (χ3v) is 6.26. The highest BCUT2D eigenvalue weighted by Gasteiger charge is 2.38. The zero-order valence-corrected chi connectivity index (χ0v) is 14.9. The fourth-order valence-corrected chi connectivity index (χ4v) is 5.25. The van der Waals surface area contributed by atoms with Crippen LogP contribution in [0.3, 0.4) is 0 Å². The van der Waals surface area contributed by atoms with E-state index in [0.29, 0.717) is 0 Å². The van der Waals surface area contributed by atoms with Gasteiger partial charge in [-0.15, -0.1) is 0 Å². The summed E-state index contributed by atoms with van der Waals surface area (Å²) >= 11 is 0. The lowest BCUT2D eigenvalue weighted by Crippen LogP contribution is -2.33. The van der Waals surface area contributed by atoms with Gasteiger partial charge in [-0.25, -0.2) is 0 Å². The van der Waals surface area contributed by atoms with E-state index in [0.717, 1.165) is 30.1 Å². The molecule has 22 heavy (non-hydrogen) atoms. The molecule has 2 bridgehead atoms. The van der Waals surface area contributed by atoms with Crippen molar-refractivity contribution < 1.29 is 0 Å². The molecule has 3 aliphatic rings. The van der Waals surface area contributed by atoms with Crippen molar-refractivity contribution in [1.29, 1.82) is 0 Å². The summed E-state index contributed by atoms with van der Waals surface area (Å²) in [5.74, 6) is 3.60. The van der Waals surface area contributed by atoms with Crippen LogP contribution < -0.4 is 0 Å². The lowest BCUT2D eigenvalue weighted by molar-refractivity contribution is 0.149. The van der Waals surface area contributed by atoms with E-state index in [9.17, 15) is 0 Å². The van der Waals surface area contributed by atoms with Gasteiger partial charge in [0.05, 0.1) is 0 Å². The van der Waals surface area contributed by atoms with Crippen molar-refractivity contribution in [3.05, 3.63) is 46.6 Å². The van der Waals surface area contributed by atoms with Crippen LogP contribution in [0.1, 0.15) is 66.2 Å². The van der Waals surface area contributed by atoms with Gasteiger partial charge in [-0.2, -0.15) is 0 Å². The van der Waals surface area contributed by atoms with Crippen LogP contribution in [0.4, 0.5) is 0 Å². The second kappa shape index (κ2) is 6.60. The Hall–Kier alpha value is -1.04. The quantitative estimate of drug-likeness (QED) is 0.537. The van der Waals surface area contributed by atoms with E-state index in [-0.39, 0.29) is 0 Å². The molecule has 0 amide bonds. The fourth-order valence-electron chi connectivity index (χ4n) is 5.25. The molecule has 0 spiro atoms. The van der Waals surface area contributed by atoms with Gasteiger partial charge in [-0.3, -0.25) is 0 Å². The van der Waals surface area contributed by atoms with Gasteiger partial charge in [0.25, 0.3) is 0 Å². The fraction of sp³-hybridized carbons (Fsp3) is 0.636.